The van der Waals surface area contributed by atoms with Gasteiger partial charge in [-0.2, -0.15) is 0 Å². The molecule has 4 heteroatoms. The first-order chi connectivity index (χ1) is 9.31. The van der Waals surface area contributed by atoms with E-state index >= 15 is 0 Å². The lowest BCUT2D eigenvalue weighted by Crippen LogP contribution is -2.18. The van der Waals surface area contributed by atoms with E-state index in [0.29, 0.717) is 0 Å². The number of pyridine rings is 1. The molecule has 100 valence electrons. The van der Waals surface area contributed by atoms with Crippen LogP contribution in [0.2, 0.25) is 0 Å². The van der Waals surface area contributed by atoms with Crippen LogP contribution in [0, 0.1) is 0 Å². The third-order valence-corrected chi connectivity index (χ3v) is 3.57. The fourth-order valence-electron chi connectivity index (χ4n) is 2.49. The third-order valence-electron chi connectivity index (χ3n) is 3.57. The second-order valence-corrected chi connectivity index (χ2v) is 5.14. The Balaban J connectivity index is 1.59. The van der Waals surface area contributed by atoms with Gasteiger partial charge in [0.25, 0.3) is 0 Å². The van der Waals surface area contributed by atoms with Crippen LogP contribution in [0.25, 0.3) is 0 Å². The zero-order chi connectivity index (χ0) is 13.1. The lowest BCUT2D eigenvalue weighted by atomic mass is 10.3. The predicted octanol–water partition coefficient (Wildman–Crippen LogP) is 2.63. The Labute approximate surface area is 114 Å². The Kier molecular flexibility index (Phi) is 3.40. The molecule has 0 amide bonds. The van der Waals surface area contributed by atoms with Crippen molar-refractivity contribution in [2.75, 3.05) is 23.3 Å². The zero-order valence-electron chi connectivity index (χ0n) is 11.3. The number of hydrogen-bond donors (Lipinski definition) is 1. The average Bonchev–Trinajstić information content (AvgIpc) is 3.08. The van der Waals surface area contributed by atoms with E-state index in [9.17, 15) is 0 Å². The van der Waals surface area contributed by atoms with E-state index < -0.39 is 0 Å². The largest absolute Gasteiger partial charge is 0.380 e. The normalized spacial score (nSPS) is 14.9. The van der Waals surface area contributed by atoms with Gasteiger partial charge in [0.2, 0.25) is 0 Å². The molecule has 1 saturated heterocycles. The predicted molar refractivity (Wildman–Crippen MR) is 78.4 cm³/mol. The minimum absolute atomic E-state index is 0.839. The van der Waals surface area contributed by atoms with Crippen LogP contribution in [-0.2, 0) is 13.6 Å². The number of anilines is 2. The Bertz CT molecular complexity index is 523. The molecule has 4 nitrogen and oxygen atoms in total. The number of aromatic nitrogens is 2. The monoisotopic (exact) mass is 256 g/mol. The van der Waals surface area contributed by atoms with Crippen molar-refractivity contribution in [1.82, 2.24) is 9.55 Å². The summed E-state index contributed by atoms with van der Waals surface area (Å²) in [6.45, 7) is 3.12. The van der Waals surface area contributed by atoms with Crippen LogP contribution in [0.4, 0.5) is 11.5 Å². The highest BCUT2D eigenvalue weighted by Crippen LogP contribution is 2.19. The maximum Gasteiger partial charge on any atom is 0.128 e. The summed E-state index contributed by atoms with van der Waals surface area (Å²) >= 11 is 0. The van der Waals surface area contributed by atoms with Crippen molar-refractivity contribution < 1.29 is 0 Å². The fraction of sp³-hybridized carbons (Fsp3) is 0.400. The van der Waals surface area contributed by atoms with E-state index in [1.807, 2.05) is 13.2 Å². The van der Waals surface area contributed by atoms with Gasteiger partial charge in [0, 0.05) is 39.1 Å². The molecule has 1 aliphatic heterocycles. The lowest BCUT2D eigenvalue weighted by molar-refractivity contribution is 0.919. The zero-order valence-corrected chi connectivity index (χ0v) is 11.3. The summed E-state index contributed by atoms with van der Waals surface area (Å²) in [5.41, 5.74) is 2.36. The van der Waals surface area contributed by atoms with E-state index in [4.69, 9.17) is 0 Å². The first-order valence-corrected chi connectivity index (χ1v) is 6.87. The quantitative estimate of drug-likeness (QED) is 0.913. The third kappa shape index (κ3) is 2.89. The molecule has 2 aromatic heterocycles. The summed E-state index contributed by atoms with van der Waals surface area (Å²) in [5.74, 6) is 1.10. The van der Waals surface area contributed by atoms with E-state index in [1.54, 1.807) is 0 Å². The molecule has 19 heavy (non-hydrogen) atoms. The highest BCUT2D eigenvalue weighted by molar-refractivity contribution is 5.49. The van der Waals surface area contributed by atoms with Crippen LogP contribution in [0.5, 0.6) is 0 Å². The van der Waals surface area contributed by atoms with Gasteiger partial charge in [0.1, 0.15) is 5.82 Å². The van der Waals surface area contributed by atoms with Gasteiger partial charge >= 0.3 is 0 Å². The second-order valence-electron chi connectivity index (χ2n) is 5.14. The van der Waals surface area contributed by atoms with Crippen molar-refractivity contribution in [2.45, 2.75) is 19.4 Å². The van der Waals surface area contributed by atoms with Gasteiger partial charge in [-0.05, 0) is 36.6 Å². The summed E-state index contributed by atoms with van der Waals surface area (Å²) in [6.07, 6.45) is 8.69. The molecule has 3 rings (SSSR count). The number of rotatable bonds is 4. The summed E-state index contributed by atoms with van der Waals surface area (Å²) in [7, 11) is 2.04. The molecular weight excluding hydrogens is 236 g/mol. The Hall–Kier alpha value is -1.97. The number of nitrogens with one attached hydrogen (secondary N) is 1. The number of nitrogens with zero attached hydrogens (tertiary/aromatic N) is 3. The Morgan fingerprint density at radius 3 is 2.68 bits per heavy atom. The van der Waals surface area contributed by atoms with Gasteiger partial charge in [-0.15, -0.1) is 0 Å². The molecule has 2 aromatic rings. The molecule has 0 radical (unpaired) electrons. The lowest BCUT2D eigenvalue weighted by Gasteiger charge is -2.16. The average molecular weight is 256 g/mol. The summed E-state index contributed by atoms with van der Waals surface area (Å²) in [4.78, 5) is 6.88. The number of aryl methyl sites for hydroxylation is 1. The van der Waals surface area contributed by atoms with E-state index in [2.05, 4.69) is 50.4 Å². The molecule has 0 atom stereocenters. The second kappa shape index (κ2) is 5.34. The first kappa shape index (κ1) is 12.1. The van der Waals surface area contributed by atoms with Crippen LogP contribution < -0.4 is 10.2 Å². The molecule has 0 bridgehead atoms. The van der Waals surface area contributed by atoms with Crippen LogP contribution in [0.3, 0.4) is 0 Å². The minimum Gasteiger partial charge on any atom is -0.380 e. The van der Waals surface area contributed by atoms with Gasteiger partial charge < -0.3 is 14.8 Å². The Morgan fingerprint density at radius 1 is 1.21 bits per heavy atom. The van der Waals surface area contributed by atoms with Crippen molar-refractivity contribution in [3.8, 4) is 0 Å². The van der Waals surface area contributed by atoms with Crippen LogP contribution in [0.1, 0.15) is 18.4 Å². The maximum absolute atomic E-state index is 4.54. The molecule has 1 N–H and O–H groups in total. The summed E-state index contributed by atoms with van der Waals surface area (Å²) < 4.78 is 2.06. The van der Waals surface area contributed by atoms with Crippen LogP contribution in [-0.4, -0.2) is 22.6 Å². The van der Waals surface area contributed by atoms with E-state index in [1.165, 1.54) is 18.4 Å². The van der Waals surface area contributed by atoms with Gasteiger partial charge in [-0.1, -0.05) is 0 Å². The topological polar surface area (TPSA) is 33.1 Å². The molecule has 3 heterocycles. The highest BCUT2D eigenvalue weighted by atomic mass is 15.2. The van der Waals surface area contributed by atoms with Crippen molar-refractivity contribution >= 4 is 11.5 Å². The molecule has 0 aliphatic carbocycles. The highest BCUT2D eigenvalue weighted by Gasteiger charge is 2.12. The molecule has 0 aromatic carbocycles. The Morgan fingerprint density at radius 2 is 2.05 bits per heavy atom. The van der Waals surface area contributed by atoms with Crippen molar-refractivity contribution in [2.24, 2.45) is 7.05 Å². The molecule has 0 unspecified atom stereocenters. The summed E-state index contributed by atoms with van der Waals surface area (Å²) in [5, 5.41) is 3.40. The molecule has 0 spiro atoms. The van der Waals surface area contributed by atoms with Gasteiger partial charge in [0.15, 0.2) is 0 Å². The van der Waals surface area contributed by atoms with Gasteiger partial charge in [-0.25, -0.2) is 4.98 Å². The maximum atomic E-state index is 4.54. The standard InChI is InChI=1S/C15H20N4/c1-18-9-6-13(12-18)10-16-14-4-5-15(17-11-14)19-7-2-3-8-19/h4-6,9,11-12,16H,2-3,7-8,10H2,1H3. The van der Waals surface area contributed by atoms with Crippen LogP contribution >= 0.6 is 0 Å². The van der Waals surface area contributed by atoms with E-state index in [-0.39, 0.29) is 0 Å². The molecule has 0 saturated carbocycles. The van der Waals surface area contributed by atoms with Crippen molar-refractivity contribution in [1.29, 1.82) is 0 Å². The van der Waals surface area contributed by atoms with Crippen molar-refractivity contribution in [3.05, 3.63) is 42.4 Å². The molecular formula is C15H20N4. The van der Waals surface area contributed by atoms with E-state index in [0.717, 1.165) is 31.1 Å². The van der Waals surface area contributed by atoms with Crippen molar-refractivity contribution in [3.63, 3.8) is 0 Å². The smallest absolute Gasteiger partial charge is 0.128 e. The van der Waals surface area contributed by atoms with Crippen LogP contribution in [0.15, 0.2) is 36.8 Å². The first-order valence-electron chi connectivity index (χ1n) is 6.87. The molecule has 1 fully saturated rings. The summed E-state index contributed by atoms with van der Waals surface area (Å²) in [6, 6.07) is 6.35. The van der Waals surface area contributed by atoms with Gasteiger partial charge in [-0.3, -0.25) is 0 Å². The number of hydrogen-bond acceptors (Lipinski definition) is 3. The minimum atomic E-state index is 0.839. The fourth-order valence-corrected chi connectivity index (χ4v) is 2.49. The SMILES string of the molecule is Cn1ccc(CNc2ccc(N3CCCC3)nc2)c1. The molecule has 1 aliphatic rings. The van der Waals surface area contributed by atoms with Gasteiger partial charge in [0.05, 0.1) is 11.9 Å².